The number of rotatable bonds is 30. The Kier molecular flexibility index (Phi) is 36.5. The standard InChI is InChI=1S/C30H63O4P.K/c1-3-5-7-9-11-13-15-16-17-18-19-20-22-24-26-28-30-34-35(31,32)33-29-27-25-23-21-14-12-10-8-6-4-2;/h3-30H2,1-2H3,(H,31,32);/q;+1/p-1. The number of phosphoric ester groups is 1. The maximum atomic E-state index is 11.8. The maximum absolute atomic E-state index is 11.8. The normalized spacial score (nSPS) is 13.0. The number of phosphoric acid groups is 1. The third-order valence-corrected chi connectivity index (χ3v) is 7.99. The summed E-state index contributed by atoms with van der Waals surface area (Å²) in [5, 5.41) is 0. The van der Waals surface area contributed by atoms with Crippen LogP contribution in [0.2, 0.25) is 0 Å². The van der Waals surface area contributed by atoms with Gasteiger partial charge in [0.25, 0.3) is 7.82 Å². The van der Waals surface area contributed by atoms with Gasteiger partial charge in [0.15, 0.2) is 0 Å². The third kappa shape index (κ3) is 33.8. The quantitative estimate of drug-likeness (QED) is 0.0517. The average Bonchev–Trinajstić information content (AvgIpc) is 2.84. The molecule has 0 aliphatic heterocycles. The summed E-state index contributed by atoms with van der Waals surface area (Å²) in [6.07, 6.45) is 33.2. The first-order chi connectivity index (χ1) is 17.1. The van der Waals surface area contributed by atoms with Gasteiger partial charge in [-0.3, -0.25) is 4.57 Å². The SMILES string of the molecule is CCCCCCCCCCCCCCCCCCOP(=O)([O-])OCCCCCCCCCCCC.[K+]. The first-order valence-corrected chi connectivity index (χ1v) is 17.2. The van der Waals surface area contributed by atoms with E-state index >= 15 is 0 Å². The van der Waals surface area contributed by atoms with E-state index in [0.717, 1.165) is 25.7 Å². The molecule has 0 amide bonds. The Hall–Kier alpha value is 1.75. The fourth-order valence-corrected chi connectivity index (χ4v) is 5.41. The Bertz CT molecular complexity index is 451. The van der Waals surface area contributed by atoms with Crippen molar-refractivity contribution in [1.82, 2.24) is 0 Å². The van der Waals surface area contributed by atoms with Crippen LogP contribution in [0.25, 0.3) is 0 Å². The first-order valence-electron chi connectivity index (χ1n) is 15.7. The number of hydrogen-bond acceptors (Lipinski definition) is 4. The zero-order valence-electron chi connectivity index (χ0n) is 24.9. The molecule has 0 aliphatic carbocycles. The molecule has 0 aromatic heterocycles. The Morgan fingerprint density at radius 2 is 0.611 bits per heavy atom. The molecule has 0 spiro atoms. The molecule has 0 saturated carbocycles. The summed E-state index contributed by atoms with van der Waals surface area (Å²) < 4.78 is 21.9. The van der Waals surface area contributed by atoms with Gasteiger partial charge in [-0.25, -0.2) is 0 Å². The van der Waals surface area contributed by atoms with Crippen LogP contribution in [0.5, 0.6) is 0 Å². The summed E-state index contributed by atoms with van der Waals surface area (Å²) in [5.74, 6) is 0. The monoisotopic (exact) mass is 556 g/mol. The molecule has 0 aromatic carbocycles. The molecule has 0 rings (SSSR count). The van der Waals surface area contributed by atoms with E-state index in [0.29, 0.717) is 0 Å². The second-order valence-electron chi connectivity index (χ2n) is 10.6. The van der Waals surface area contributed by atoms with Crippen molar-refractivity contribution in [2.24, 2.45) is 0 Å². The van der Waals surface area contributed by atoms with Crippen LogP contribution in [0.15, 0.2) is 0 Å². The van der Waals surface area contributed by atoms with E-state index in [9.17, 15) is 9.46 Å². The van der Waals surface area contributed by atoms with Crippen molar-refractivity contribution in [3.63, 3.8) is 0 Å². The molecule has 0 N–H and O–H groups in total. The minimum absolute atomic E-state index is 0. The summed E-state index contributed by atoms with van der Waals surface area (Å²) in [5.41, 5.74) is 0. The van der Waals surface area contributed by atoms with Crippen molar-refractivity contribution in [3.05, 3.63) is 0 Å². The molecule has 36 heavy (non-hydrogen) atoms. The predicted molar refractivity (Wildman–Crippen MR) is 151 cm³/mol. The van der Waals surface area contributed by atoms with Crippen LogP contribution >= 0.6 is 7.82 Å². The predicted octanol–water partition coefficient (Wildman–Crippen LogP) is 7.67. The summed E-state index contributed by atoms with van der Waals surface area (Å²) in [4.78, 5) is 11.8. The topological polar surface area (TPSA) is 58.6 Å². The molecule has 0 heterocycles. The van der Waals surface area contributed by atoms with Gasteiger partial charge in [0, 0.05) is 0 Å². The second-order valence-corrected chi connectivity index (χ2v) is 12.0. The van der Waals surface area contributed by atoms with Gasteiger partial charge in [-0.1, -0.05) is 168 Å². The summed E-state index contributed by atoms with van der Waals surface area (Å²) in [7, 11) is -4.11. The smallest absolute Gasteiger partial charge is 0.756 e. The minimum Gasteiger partial charge on any atom is -0.756 e. The van der Waals surface area contributed by atoms with Crippen molar-refractivity contribution in [1.29, 1.82) is 0 Å². The van der Waals surface area contributed by atoms with Gasteiger partial charge in [-0.15, -0.1) is 0 Å². The summed E-state index contributed by atoms with van der Waals surface area (Å²) >= 11 is 0. The van der Waals surface area contributed by atoms with E-state index in [-0.39, 0.29) is 64.6 Å². The fourth-order valence-electron chi connectivity index (χ4n) is 4.63. The van der Waals surface area contributed by atoms with Crippen molar-refractivity contribution in [3.8, 4) is 0 Å². The molecular weight excluding hydrogens is 494 g/mol. The molecule has 0 aromatic rings. The van der Waals surface area contributed by atoms with Crippen molar-refractivity contribution in [2.45, 2.75) is 181 Å². The zero-order chi connectivity index (χ0) is 25.7. The maximum Gasteiger partial charge on any atom is 1.00 e. The van der Waals surface area contributed by atoms with Crippen LogP contribution in [0, 0.1) is 0 Å². The van der Waals surface area contributed by atoms with Crippen LogP contribution < -0.4 is 56.3 Å². The van der Waals surface area contributed by atoms with Crippen LogP contribution in [0.1, 0.15) is 181 Å². The van der Waals surface area contributed by atoms with Crippen molar-refractivity contribution >= 4 is 7.82 Å². The van der Waals surface area contributed by atoms with Gasteiger partial charge in [-0.05, 0) is 12.8 Å². The largest absolute Gasteiger partial charge is 1.00 e. The number of hydrogen-bond donors (Lipinski definition) is 0. The van der Waals surface area contributed by atoms with Gasteiger partial charge in [0.2, 0.25) is 0 Å². The van der Waals surface area contributed by atoms with Crippen molar-refractivity contribution < 1.29 is 69.9 Å². The molecule has 6 heteroatoms. The Balaban J connectivity index is 0. The van der Waals surface area contributed by atoms with E-state index in [2.05, 4.69) is 13.8 Å². The van der Waals surface area contributed by atoms with Crippen LogP contribution in [0.4, 0.5) is 0 Å². The van der Waals surface area contributed by atoms with Gasteiger partial charge in [0.05, 0.1) is 13.2 Å². The van der Waals surface area contributed by atoms with Gasteiger partial charge < -0.3 is 13.9 Å². The van der Waals surface area contributed by atoms with E-state index in [1.54, 1.807) is 0 Å². The average molecular weight is 557 g/mol. The molecule has 1 unspecified atom stereocenters. The molecule has 1 atom stereocenters. The zero-order valence-corrected chi connectivity index (χ0v) is 28.9. The van der Waals surface area contributed by atoms with Crippen molar-refractivity contribution in [2.75, 3.05) is 13.2 Å². The number of unbranched alkanes of at least 4 members (excludes halogenated alkanes) is 24. The summed E-state index contributed by atoms with van der Waals surface area (Å²) in [6, 6.07) is 0. The van der Waals surface area contributed by atoms with Gasteiger partial charge in [-0.2, -0.15) is 0 Å². The van der Waals surface area contributed by atoms with Crippen LogP contribution in [0.3, 0.4) is 0 Å². The molecule has 0 radical (unpaired) electrons. The first kappa shape index (κ1) is 39.9. The second kappa shape index (κ2) is 33.0. The molecule has 0 saturated heterocycles. The Labute approximate surface area is 269 Å². The van der Waals surface area contributed by atoms with Gasteiger partial charge in [0.1, 0.15) is 0 Å². The molecule has 212 valence electrons. The van der Waals surface area contributed by atoms with Gasteiger partial charge >= 0.3 is 51.4 Å². The molecule has 0 bridgehead atoms. The summed E-state index contributed by atoms with van der Waals surface area (Å²) in [6.45, 7) is 5.04. The van der Waals surface area contributed by atoms with E-state index in [1.165, 1.54) is 141 Å². The third-order valence-electron chi connectivity index (χ3n) is 6.99. The van der Waals surface area contributed by atoms with E-state index in [1.807, 2.05) is 0 Å². The molecule has 4 nitrogen and oxygen atoms in total. The minimum atomic E-state index is -4.11. The fraction of sp³-hybridized carbons (Fsp3) is 1.00. The Morgan fingerprint density at radius 1 is 0.417 bits per heavy atom. The van der Waals surface area contributed by atoms with Crippen LogP contribution in [-0.2, 0) is 13.6 Å². The van der Waals surface area contributed by atoms with E-state index < -0.39 is 7.82 Å². The molecular formula is C30H62KO4P. The molecule has 0 aliphatic rings. The Morgan fingerprint density at radius 3 is 0.833 bits per heavy atom. The molecule has 0 fully saturated rings. The van der Waals surface area contributed by atoms with Crippen LogP contribution in [-0.4, -0.2) is 13.2 Å². The van der Waals surface area contributed by atoms with E-state index in [4.69, 9.17) is 9.05 Å².